The topological polar surface area (TPSA) is 59.5 Å². The van der Waals surface area contributed by atoms with E-state index in [9.17, 15) is 13.2 Å². The maximum atomic E-state index is 12.9. The number of hydrogen-bond acceptors (Lipinski definition) is 6. The quantitative estimate of drug-likeness (QED) is 0.743. The van der Waals surface area contributed by atoms with Crippen molar-refractivity contribution in [1.82, 2.24) is 15.3 Å². The molecule has 1 aromatic heterocycles. The predicted molar refractivity (Wildman–Crippen MR) is 93.7 cm³/mol. The van der Waals surface area contributed by atoms with Crippen LogP contribution in [0.25, 0.3) is 0 Å². The second-order valence-corrected chi connectivity index (χ2v) is 6.01. The summed E-state index contributed by atoms with van der Waals surface area (Å²) in [5.74, 6) is 0.513. The van der Waals surface area contributed by atoms with Crippen molar-refractivity contribution in [3.63, 3.8) is 0 Å². The lowest BCUT2D eigenvalue weighted by atomic mass is 10.2. The Morgan fingerprint density at radius 3 is 2.52 bits per heavy atom. The summed E-state index contributed by atoms with van der Waals surface area (Å²) >= 11 is 0. The average molecular weight is 382 g/mol. The van der Waals surface area contributed by atoms with Gasteiger partial charge in [0.05, 0.1) is 18.8 Å². The summed E-state index contributed by atoms with van der Waals surface area (Å²) < 4.78 is 49.2. The Kier molecular flexibility index (Phi) is 6.46. The highest BCUT2D eigenvalue weighted by molar-refractivity contribution is 5.35. The van der Waals surface area contributed by atoms with Crippen molar-refractivity contribution in [2.75, 3.05) is 44.4 Å². The molecule has 0 bridgehead atoms. The number of rotatable bonds is 7. The monoisotopic (exact) mass is 382 g/mol. The fourth-order valence-corrected chi connectivity index (χ4v) is 2.66. The number of nitrogens with one attached hydrogen (secondary N) is 1. The molecule has 3 rings (SSSR count). The van der Waals surface area contributed by atoms with Gasteiger partial charge < -0.3 is 19.7 Å². The number of morpholine rings is 1. The molecule has 9 heteroatoms. The van der Waals surface area contributed by atoms with Crippen LogP contribution in [0, 0.1) is 0 Å². The van der Waals surface area contributed by atoms with E-state index in [0.29, 0.717) is 32.3 Å². The van der Waals surface area contributed by atoms with Crippen LogP contribution in [0.3, 0.4) is 0 Å². The van der Waals surface area contributed by atoms with E-state index in [1.54, 1.807) is 12.4 Å². The molecule has 6 nitrogen and oxygen atoms in total. The number of halogens is 3. The molecule has 0 unspecified atom stereocenters. The van der Waals surface area contributed by atoms with Gasteiger partial charge in [-0.3, -0.25) is 0 Å². The Morgan fingerprint density at radius 2 is 1.81 bits per heavy atom. The molecule has 1 fully saturated rings. The summed E-state index contributed by atoms with van der Waals surface area (Å²) in [6.45, 7) is 3.92. The van der Waals surface area contributed by atoms with Crippen LogP contribution < -0.4 is 15.0 Å². The first-order valence-electron chi connectivity index (χ1n) is 8.67. The molecule has 0 saturated carbocycles. The van der Waals surface area contributed by atoms with Crippen molar-refractivity contribution in [2.24, 2.45) is 0 Å². The molecular weight excluding hydrogens is 361 g/mol. The summed E-state index contributed by atoms with van der Waals surface area (Å²) in [6.07, 6.45) is -0.946. The van der Waals surface area contributed by atoms with E-state index in [2.05, 4.69) is 20.2 Å². The van der Waals surface area contributed by atoms with Gasteiger partial charge in [0.15, 0.2) is 0 Å². The van der Waals surface area contributed by atoms with E-state index in [1.165, 1.54) is 18.2 Å². The van der Waals surface area contributed by atoms with E-state index in [-0.39, 0.29) is 12.4 Å². The van der Waals surface area contributed by atoms with Crippen LogP contribution in [-0.2, 0) is 17.5 Å². The minimum atomic E-state index is -4.43. The molecule has 0 aliphatic carbocycles. The lowest BCUT2D eigenvalue weighted by Crippen LogP contribution is -2.37. The summed E-state index contributed by atoms with van der Waals surface area (Å²) in [7, 11) is 0. The Labute approximate surface area is 155 Å². The van der Waals surface area contributed by atoms with E-state index < -0.39 is 11.7 Å². The minimum absolute atomic E-state index is 0.125. The maximum Gasteiger partial charge on any atom is 0.419 e. The van der Waals surface area contributed by atoms with Crippen LogP contribution >= 0.6 is 0 Å². The highest BCUT2D eigenvalue weighted by Gasteiger charge is 2.33. The highest BCUT2D eigenvalue weighted by atomic mass is 19.4. The van der Waals surface area contributed by atoms with Gasteiger partial charge >= 0.3 is 6.18 Å². The normalized spacial score (nSPS) is 15.0. The molecule has 1 aromatic carbocycles. The van der Waals surface area contributed by atoms with Crippen molar-refractivity contribution < 1.29 is 22.6 Å². The molecule has 0 atom stereocenters. The van der Waals surface area contributed by atoms with Crippen LogP contribution in [0.4, 0.5) is 19.1 Å². The van der Waals surface area contributed by atoms with Gasteiger partial charge in [-0.15, -0.1) is 0 Å². The summed E-state index contributed by atoms with van der Waals surface area (Å²) in [5.41, 5.74) is 0.125. The largest absolute Gasteiger partial charge is 0.492 e. The molecule has 2 aromatic rings. The summed E-state index contributed by atoms with van der Waals surface area (Å²) in [5, 5.41) is 3.11. The molecule has 0 radical (unpaired) electrons. The number of benzene rings is 1. The second kappa shape index (κ2) is 9.01. The van der Waals surface area contributed by atoms with E-state index in [4.69, 9.17) is 9.47 Å². The SMILES string of the molecule is FC(F)(F)c1ccccc1OCCNCc1cnc(N2CCOCC2)nc1. The van der Waals surface area contributed by atoms with Crippen molar-refractivity contribution in [1.29, 1.82) is 0 Å². The molecule has 1 N–H and O–H groups in total. The van der Waals surface area contributed by atoms with Crippen molar-refractivity contribution in [3.05, 3.63) is 47.8 Å². The first-order chi connectivity index (χ1) is 13.0. The van der Waals surface area contributed by atoms with Gasteiger partial charge in [0.2, 0.25) is 5.95 Å². The van der Waals surface area contributed by atoms with Crippen LogP contribution in [-0.4, -0.2) is 49.4 Å². The molecular formula is C18H21F3N4O2. The molecule has 2 heterocycles. The standard InChI is InChI=1S/C18H21F3N4O2/c19-18(20,21)15-3-1-2-4-16(15)27-8-5-22-11-14-12-23-17(24-13-14)25-6-9-26-10-7-25/h1-4,12-13,22H,5-11H2. The molecule has 27 heavy (non-hydrogen) atoms. The summed E-state index contributed by atoms with van der Waals surface area (Å²) in [4.78, 5) is 10.8. The molecule has 1 aliphatic rings. The van der Waals surface area contributed by atoms with E-state index >= 15 is 0 Å². The first-order valence-corrected chi connectivity index (χ1v) is 8.67. The smallest absolute Gasteiger partial charge is 0.419 e. The van der Waals surface area contributed by atoms with Crippen LogP contribution in [0.15, 0.2) is 36.7 Å². The van der Waals surface area contributed by atoms with Gasteiger partial charge in [0.1, 0.15) is 12.4 Å². The van der Waals surface area contributed by atoms with Crippen molar-refractivity contribution in [2.45, 2.75) is 12.7 Å². The number of anilines is 1. The number of para-hydroxylation sites is 1. The number of hydrogen-bond donors (Lipinski definition) is 1. The Balaban J connectivity index is 1.42. The van der Waals surface area contributed by atoms with Crippen LogP contribution in [0.1, 0.15) is 11.1 Å². The van der Waals surface area contributed by atoms with Gasteiger partial charge in [-0.2, -0.15) is 13.2 Å². The van der Waals surface area contributed by atoms with E-state index in [0.717, 1.165) is 24.7 Å². The van der Waals surface area contributed by atoms with Crippen molar-refractivity contribution in [3.8, 4) is 5.75 Å². The molecule has 146 valence electrons. The molecule has 0 amide bonds. The lowest BCUT2D eigenvalue weighted by molar-refractivity contribution is -0.138. The number of ether oxygens (including phenoxy) is 2. The fraction of sp³-hybridized carbons (Fsp3) is 0.444. The molecule has 1 aliphatic heterocycles. The van der Waals surface area contributed by atoms with Gasteiger partial charge in [-0.25, -0.2) is 9.97 Å². The third-order valence-electron chi connectivity index (χ3n) is 4.04. The van der Waals surface area contributed by atoms with Crippen molar-refractivity contribution >= 4 is 5.95 Å². The Bertz CT molecular complexity index is 719. The molecule has 1 saturated heterocycles. The van der Waals surface area contributed by atoms with Gasteiger partial charge in [-0.1, -0.05) is 12.1 Å². The number of alkyl halides is 3. The highest BCUT2D eigenvalue weighted by Crippen LogP contribution is 2.35. The molecule has 0 spiro atoms. The van der Waals surface area contributed by atoms with Crippen LogP contribution in [0.5, 0.6) is 5.75 Å². The fourth-order valence-electron chi connectivity index (χ4n) is 2.66. The van der Waals surface area contributed by atoms with Crippen LogP contribution in [0.2, 0.25) is 0 Å². The van der Waals surface area contributed by atoms with Gasteiger partial charge in [0, 0.05) is 44.1 Å². The number of nitrogens with zero attached hydrogens (tertiary/aromatic N) is 3. The Hall–Kier alpha value is -2.39. The van der Waals surface area contributed by atoms with E-state index in [1.807, 2.05) is 0 Å². The minimum Gasteiger partial charge on any atom is -0.492 e. The third-order valence-corrected chi connectivity index (χ3v) is 4.04. The number of aromatic nitrogens is 2. The van der Waals surface area contributed by atoms with Gasteiger partial charge in [-0.05, 0) is 12.1 Å². The second-order valence-electron chi connectivity index (χ2n) is 6.01. The lowest BCUT2D eigenvalue weighted by Gasteiger charge is -2.26. The third kappa shape index (κ3) is 5.54. The zero-order valence-corrected chi connectivity index (χ0v) is 14.7. The average Bonchev–Trinajstić information content (AvgIpc) is 2.68. The predicted octanol–water partition coefficient (Wildman–Crippen LogP) is 2.50. The van der Waals surface area contributed by atoms with Gasteiger partial charge in [0.25, 0.3) is 0 Å². The Morgan fingerprint density at radius 1 is 1.11 bits per heavy atom. The zero-order valence-electron chi connectivity index (χ0n) is 14.7. The first kappa shape index (κ1) is 19.4. The zero-order chi connectivity index (χ0) is 19.1. The maximum absolute atomic E-state index is 12.9. The summed E-state index contributed by atoms with van der Waals surface area (Å²) in [6, 6.07) is 5.19.